The molecule has 7 heteroatoms. The first-order valence-corrected chi connectivity index (χ1v) is 14.3. The van der Waals surface area contributed by atoms with Gasteiger partial charge >= 0.3 is 6.03 Å². The van der Waals surface area contributed by atoms with Crippen LogP contribution in [0.15, 0.2) is 66.7 Å². The minimum Gasteiger partial charge on any atom is -0.353 e. The van der Waals surface area contributed by atoms with Crippen molar-refractivity contribution in [3.63, 3.8) is 0 Å². The lowest BCUT2D eigenvalue weighted by Gasteiger charge is -2.22. The Morgan fingerprint density at radius 3 is 2.52 bits per heavy atom. The quantitative estimate of drug-likeness (QED) is 0.224. The van der Waals surface area contributed by atoms with Crippen molar-refractivity contribution in [2.45, 2.75) is 71.5 Å². The van der Waals surface area contributed by atoms with Gasteiger partial charge in [0, 0.05) is 23.5 Å². The van der Waals surface area contributed by atoms with Gasteiger partial charge in [-0.15, -0.1) is 0 Å². The Hall–Kier alpha value is -3.68. The minimum absolute atomic E-state index is 0.0580. The zero-order valence-corrected chi connectivity index (χ0v) is 24.0. The van der Waals surface area contributed by atoms with E-state index in [1.165, 1.54) is 17.5 Å². The molecule has 1 saturated heterocycles. The van der Waals surface area contributed by atoms with Crippen LogP contribution in [0.3, 0.4) is 0 Å². The van der Waals surface area contributed by atoms with Crippen LogP contribution in [0.2, 0.25) is 0 Å². The van der Waals surface area contributed by atoms with Crippen LogP contribution in [0.5, 0.6) is 0 Å². The van der Waals surface area contributed by atoms with Crippen LogP contribution in [-0.4, -0.2) is 35.3 Å². The zero-order chi connectivity index (χ0) is 28.1. The normalized spacial score (nSPS) is 15.8. The van der Waals surface area contributed by atoms with Crippen molar-refractivity contribution >= 4 is 28.3 Å². The summed E-state index contributed by atoms with van der Waals surface area (Å²) >= 11 is 0. The van der Waals surface area contributed by atoms with Crippen LogP contribution >= 0.6 is 0 Å². The molecule has 1 aliphatic heterocycles. The third-order valence-corrected chi connectivity index (χ3v) is 7.29. The molecule has 1 aromatic heterocycles. The van der Waals surface area contributed by atoms with E-state index < -0.39 is 0 Å². The highest BCUT2D eigenvalue weighted by Gasteiger charge is 2.22. The summed E-state index contributed by atoms with van der Waals surface area (Å²) in [4.78, 5) is 13.3. The third kappa shape index (κ3) is 6.72. The summed E-state index contributed by atoms with van der Waals surface area (Å²) in [5.41, 5.74) is 4.80. The highest BCUT2D eigenvalue weighted by molar-refractivity contribution is 6.06. The maximum absolute atomic E-state index is 13.3. The summed E-state index contributed by atoms with van der Waals surface area (Å²) in [6.07, 6.45) is 5.02. The van der Waals surface area contributed by atoms with E-state index >= 15 is 0 Å². The summed E-state index contributed by atoms with van der Waals surface area (Å²) < 4.78 is 13.4. The number of nitrogens with zero attached hydrogens (tertiary/aromatic N) is 2. The molecule has 40 heavy (non-hydrogen) atoms. The van der Waals surface area contributed by atoms with Crippen molar-refractivity contribution in [3.8, 4) is 5.69 Å². The number of carbonyl (C=O) groups is 1. The zero-order valence-electron chi connectivity index (χ0n) is 24.0. The maximum atomic E-state index is 13.3. The number of rotatable bonds is 8. The Labute approximate surface area is 236 Å². The van der Waals surface area contributed by atoms with Crippen LogP contribution in [-0.2, 0) is 21.3 Å². The topological polar surface area (TPSA) is 77.4 Å². The maximum Gasteiger partial charge on any atom is 0.324 e. The average molecular weight is 541 g/mol. The van der Waals surface area contributed by atoms with E-state index in [4.69, 9.17) is 14.6 Å². The van der Waals surface area contributed by atoms with Gasteiger partial charge in [-0.05, 0) is 68.2 Å². The molecule has 1 unspecified atom stereocenters. The van der Waals surface area contributed by atoms with Gasteiger partial charge in [-0.3, -0.25) is 5.32 Å². The van der Waals surface area contributed by atoms with Gasteiger partial charge < -0.3 is 14.8 Å². The van der Waals surface area contributed by atoms with Crippen LogP contribution < -0.4 is 10.6 Å². The number of urea groups is 1. The molecule has 1 aliphatic rings. The molecule has 2 amide bonds. The Bertz CT molecular complexity index is 1450. The number of fused-ring (bicyclic) bond motifs is 1. The standard InChI is InChI=1S/C33H40N4O3/c1-23-14-17-25(18-15-23)37-30(22-29(36-37)33(2,3)4)35-32(38)34-28-19-16-24(26-11-5-6-12-27(26)28)10-9-21-40-31-13-7-8-20-39-31/h5-6,11-12,14-19,22,31H,7-10,13,20-21H2,1-4H3,(H2,34,35,38). The number of carbonyl (C=O) groups excluding carboxylic acids is 1. The second kappa shape index (κ2) is 12.2. The molecule has 0 aliphatic carbocycles. The van der Waals surface area contributed by atoms with E-state index in [1.54, 1.807) is 4.68 Å². The monoisotopic (exact) mass is 540 g/mol. The molecule has 0 bridgehead atoms. The predicted molar refractivity (Wildman–Crippen MR) is 161 cm³/mol. The van der Waals surface area contributed by atoms with Gasteiger partial charge in [0.2, 0.25) is 0 Å². The first kappa shape index (κ1) is 27.9. The van der Waals surface area contributed by atoms with E-state index in [0.717, 1.165) is 60.1 Å². The van der Waals surface area contributed by atoms with Gasteiger partial charge in [-0.1, -0.05) is 68.8 Å². The molecule has 3 aromatic carbocycles. The molecule has 1 fully saturated rings. The number of amides is 2. The van der Waals surface area contributed by atoms with Crippen LogP contribution in [0.25, 0.3) is 16.5 Å². The van der Waals surface area contributed by atoms with Crippen molar-refractivity contribution in [2.24, 2.45) is 0 Å². The number of aryl methyl sites for hydroxylation is 2. The fourth-order valence-corrected chi connectivity index (χ4v) is 5.00. The minimum atomic E-state index is -0.312. The lowest BCUT2D eigenvalue weighted by Crippen LogP contribution is -2.22. The van der Waals surface area contributed by atoms with Gasteiger partial charge in [0.1, 0.15) is 5.82 Å². The highest BCUT2D eigenvalue weighted by atomic mass is 16.7. The van der Waals surface area contributed by atoms with Crippen LogP contribution in [0.4, 0.5) is 16.3 Å². The van der Waals surface area contributed by atoms with E-state index in [1.807, 2.05) is 48.5 Å². The molecular formula is C33H40N4O3. The number of hydrogen-bond donors (Lipinski definition) is 2. The number of ether oxygens (including phenoxy) is 2. The molecule has 0 spiro atoms. The molecule has 1 atom stereocenters. The lowest BCUT2D eigenvalue weighted by molar-refractivity contribution is -0.162. The molecular weight excluding hydrogens is 500 g/mol. The molecule has 4 aromatic rings. The van der Waals surface area contributed by atoms with Gasteiger partial charge in [0.25, 0.3) is 0 Å². The Kier molecular flexibility index (Phi) is 8.52. The third-order valence-electron chi connectivity index (χ3n) is 7.29. The smallest absolute Gasteiger partial charge is 0.324 e. The molecule has 2 heterocycles. The summed E-state index contributed by atoms with van der Waals surface area (Å²) in [6, 6.07) is 22.0. The van der Waals surface area contributed by atoms with Crippen LogP contribution in [0.1, 0.15) is 63.3 Å². The van der Waals surface area contributed by atoms with E-state index in [2.05, 4.69) is 56.5 Å². The number of hydrogen-bond acceptors (Lipinski definition) is 4. The predicted octanol–water partition coefficient (Wildman–Crippen LogP) is 7.75. The second-order valence-electron chi connectivity index (χ2n) is 11.6. The van der Waals surface area contributed by atoms with Gasteiger partial charge in [0.05, 0.1) is 23.7 Å². The average Bonchev–Trinajstić information content (AvgIpc) is 3.37. The first-order chi connectivity index (χ1) is 19.3. The fraction of sp³-hybridized carbons (Fsp3) is 0.394. The Morgan fingerprint density at radius 2 is 1.80 bits per heavy atom. The number of anilines is 2. The van der Waals surface area contributed by atoms with Gasteiger partial charge in [-0.25, -0.2) is 9.48 Å². The lowest BCUT2D eigenvalue weighted by atomic mass is 9.92. The Morgan fingerprint density at radius 1 is 1.02 bits per heavy atom. The summed E-state index contributed by atoms with van der Waals surface area (Å²) in [5.74, 6) is 0.620. The van der Waals surface area contributed by atoms with Crippen molar-refractivity contribution < 1.29 is 14.3 Å². The van der Waals surface area contributed by atoms with Crippen molar-refractivity contribution in [1.82, 2.24) is 9.78 Å². The van der Waals surface area contributed by atoms with Crippen molar-refractivity contribution in [3.05, 3.63) is 83.6 Å². The highest BCUT2D eigenvalue weighted by Crippen LogP contribution is 2.29. The van der Waals surface area contributed by atoms with Gasteiger partial charge in [-0.2, -0.15) is 5.10 Å². The SMILES string of the molecule is Cc1ccc(-n2nc(C(C)(C)C)cc2NC(=O)Nc2ccc(CCCOC3CCCCO3)c3ccccc23)cc1. The molecule has 0 radical (unpaired) electrons. The summed E-state index contributed by atoms with van der Waals surface area (Å²) in [6.45, 7) is 9.86. The number of aromatic nitrogens is 2. The first-order valence-electron chi connectivity index (χ1n) is 14.3. The summed E-state index contributed by atoms with van der Waals surface area (Å²) in [5, 5.41) is 13.1. The van der Waals surface area contributed by atoms with E-state index in [9.17, 15) is 4.79 Å². The van der Waals surface area contributed by atoms with Crippen molar-refractivity contribution in [1.29, 1.82) is 0 Å². The van der Waals surface area contributed by atoms with E-state index in [0.29, 0.717) is 12.4 Å². The summed E-state index contributed by atoms with van der Waals surface area (Å²) in [7, 11) is 0. The van der Waals surface area contributed by atoms with Crippen molar-refractivity contribution in [2.75, 3.05) is 23.8 Å². The molecule has 2 N–H and O–H groups in total. The second-order valence-corrected chi connectivity index (χ2v) is 11.6. The fourth-order valence-electron chi connectivity index (χ4n) is 5.00. The molecule has 0 saturated carbocycles. The largest absolute Gasteiger partial charge is 0.353 e. The van der Waals surface area contributed by atoms with Crippen LogP contribution in [0, 0.1) is 6.92 Å². The Balaban J connectivity index is 1.30. The molecule has 7 nitrogen and oxygen atoms in total. The molecule has 210 valence electrons. The number of benzene rings is 3. The number of nitrogens with one attached hydrogen (secondary N) is 2. The molecule has 5 rings (SSSR count). The van der Waals surface area contributed by atoms with Gasteiger partial charge in [0.15, 0.2) is 6.29 Å². The van der Waals surface area contributed by atoms with E-state index in [-0.39, 0.29) is 17.7 Å².